The number of benzene rings is 1. The van der Waals surface area contributed by atoms with Crippen LogP contribution in [-0.2, 0) is 4.79 Å². The number of carbonyl (C=O) groups is 1. The zero-order chi connectivity index (χ0) is 18.6. The summed E-state index contributed by atoms with van der Waals surface area (Å²) in [6, 6.07) is 4.64. The van der Waals surface area contributed by atoms with Gasteiger partial charge in [-0.05, 0) is 55.4 Å². The number of hydrogen-bond acceptors (Lipinski definition) is 2. The predicted molar refractivity (Wildman–Crippen MR) is 94.3 cm³/mol. The Kier molecular flexibility index (Phi) is 6.86. The van der Waals surface area contributed by atoms with Crippen molar-refractivity contribution in [3.8, 4) is 0 Å². The lowest BCUT2D eigenvalue weighted by atomic mass is 9.93. The quantitative estimate of drug-likeness (QED) is 0.614. The van der Waals surface area contributed by atoms with Gasteiger partial charge in [-0.15, -0.1) is 11.6 Å². The van der Waals surface area contributed by atoms with Crippen LogP contribution in [0.3, 0.4) is 0 Å². The third-order valence-electron chi connectivity index (χ3n) is 4.24. The van der Waals surface area contributed by atoms with Gasteiger partial charge in [-0.25, -0.2) is 0 Å². The van der Waals surface area contributed by atoms with E-state index in [0.717, 1.165) is 12.8 Å². The van der Waals surface area contributed by atoms with Crippen LogP contribution in [-0.4, -0.2) is 31.1 Å². The molecule has 1 unspecified atom stereocenters. The lowest BCUT2D eigenvalue weighted by molar-refractivity contribution is -0.120. The highest BCUT2D eigenvalue weighted by Gasteiger charge is 2.34. The summed E-state index contributed by atoms with van der Waals surface area (Å²) in [7, 11) is 0. The van der Waals surface area contributed by atoms with Gasteiger partial charge in [0.15, 0.2) is 0 Å². The smallest absolute Gasteiger partial charge is 0.369 e. The molecule has 0 aliphatic heterocycles. The number of primary amides is 1. The van der Waals surface area contributed by atoms with E-state index in [2.05, 4.69) is 0 Å². The van der Waals surface area contributed by atoms with E-state index in [1.54, 1.807) is 12.1 Å². The summed E-state index contributed by atoms with van der Waals surface area (Å²) in [5, 5.41) is 0.320. The lowest BCUT2D eigenvalue weighted by Crippen LogP contribution is -2.36. The number of carbonyl (C=O) groups excluding carboxylic acids is 1. The minimum absolute atomic E-state index is 0.282. The third kappa shape index (κ3) is 6.26. The minimum atomic E-state index is -4.31. The molecule has 0 radical (unpaired) electrons. The van der Waals surface area contributed by atoms with Crippen molar-refractivity contribution in [1.82, 2.24) is 0 Å². The number of halogens is 5. The van der Waals surface area contributed by atoms with Crippen molar-refractivity contribution in [1.29, 1.82) is 0 Å². The highest BCUT2D eigenvalue weighted by molar-refractivity contribution is 6.31. The van der Waals surface area contributed by atoms with Crippen LogP contribution in [0.5, 0.6) is 0 Å². The van der Waals surface area contributed by atoms with Crippen molar-refractivity contribution in [2.24, 2.45) is 11.7 Å². The average Bonchev–Trinajstić information content (AvgIpc) is 3.31. The molecule has 3 nitrogen and oxygen atoms in total. The second kappa shape index (κ2) is 8.49. The normalized spacial score (nSPS) is 15.9. The molecule has 1 aliphatic rings. The van der Waals surface area contributed by atoms with Crippen molar-refractivity contribution in [2.45, 2.75) is 37.8 Å². The molecule has 1 atom stereocenters. The zero-order valence-electron chi connectivity index (χ0n) is 13.7. The minimum Gasteiger partial charge on any atom is -0.369 e. The maximum Gasteiger partial charge on any atom is 0.405 e. The molecule has 140 valence electrons. The van der Waals surface area contributed by atoms with E-state index >= 15 is 0 Å². The molecule has 2 rings (SSSR count). The van der Waals surface area contributed by atoms with Gasteiger partial charge >= 0.3 is 6.18 Å². The Morgan fingerprint density at radius 2 is 2.04 bits per heavy atom. The van der Waals surface area contributed by atoms with E-state index < -0.39 is 24.5 Å². The largest absolute Gasteiger partial charge is 0.405 e. The maximum absolute atomic E-state index is 12.9. The molecule has 1 aromatic carbocycles. The molecule has 0 heterocycles. The molecule has 1 aliphatic carbocycles. The van der Waals surface area contributed by atoms with Crippen molar-refractivity contribution in [3.63, 3.8) is 0 Å². The third-order valence-corrected chi connectivity index (χ3v) is 4.85. The molecule has 0 aromatic heterocycles. The van der Waals surface area contributed by atoms with E-state index in [1.165, 1.54) is 11.0 Å². The van der Waals surface area contributed by atoms with Crippen LogP contribution >= 0.6 is 23.2 Å². The van der Waals surface area contributed by atoms with Crippen LogP contribution in [0.15, 0.2) is 18.2 Å². The predicted octanol–water partition coefficient (Wildman–Crippen LogP) is 4.71. The number of anilines is 1. The summed E-state index contributed by atoms with van der Waals surface area (Å²) in [6.07, 6.45) is -1.47. The number of alkyl halides is 4. The fourth-order valence-corrected chi connectivity index (χ4v) is 3.22. The lowest BCUT2D eigenvalue weighted by Gasteiger charge is -2.27. The summed E-state index contributed by atoms with van der Waals surface area (Å²) in [6.45, 7) is -0.697. The number of rotatable bonds is 9. The van der Waals surface area contributed by atoms with Gasteiger partial charge in [0.1, 0.15) is 6.54 Å². The first-order valence-electron chi connectivity index (χ1n) is 8.17. The summed E-state index contributed by atoms with van der Waals surface area (Å²) in [4.78, 5) is 13.1. The maximum atomic E-state index is 12.9. The fourth-order valence-electron chi connectivity index (χ4n) is 2.82. The second-order valence-corrected chi connectivity index (χ2v) is 7.22. The number of nitrogens with zero attached hydrogens (tertiary/aromatic N) is 1. The monoisotopic (exact) mass is 396 g/mol. The number of hydrogen-bond donors (Lipinski definition) is 1. The van der Waals surface area contributed by atoms with Crippen molar-refractivity contribution < 1.29 is 18.0 Å². The summed E-state index contributed by atoms with van der Waals surface area (Å²) in [5.41, 5.74) is 6.32. The highest BCUT2D eigenvalue weighted by Crippen LogP contribution is 2.36. The van der Waals surface area contributed by atoms with Crippen molar-refractivity contribution in [2.75, 3.05) is 23.9 Å². The Balaban J connectivity index is 2.31. The number of nitrogens with two attached hydrogens (primary N) is 1. The molecular weight excluding hydrogens is 376 g/mol. The molecule has 1 fully saturated rings. The standard InChI is InChI=1S/C17H21Cl2F3N2O/c18-7-1-2-13(16(23)25)14-8-12(5-6-15(14)19)24(9-11-3-4-11)10-17(20,21)22/h5-6,8,11,13H,1-4,7,9-10H2,(H2,23,25). The fraction of sp³-hybridized carbons (Fsp3) is 0.588. The second-order valence-electron chi connectivity index (χ2n) is 6.43. The molecule has 2 N–H and O–H groups in total. The summed E-state index contributed by atoms with van der Waals surface area (Å²) < 4.78 is 38.8. The van der Waals surface area contributed by atoms with Crippen LogP contribution in [0.4, 0.5) is 18.9 Å². The molecule has 1 saturated carbocycles. The zero-order valence-corrected chi connectivity index (χ0v) is 15.2. The van der Waals surface area contributed by atoms with Gasteiger partial charge in [-0.2, -0.15) is 13.2 Å². The summed E-state index contributed by atoms with van der Waals surface area (Å²) in [5.74, 6) is -0.582. The highest BCUT2D eigenvalue weighted by atomic mass is 35.5. The van der Waals surface area contributed by atoms with Crippen LogP contribution in [0, 0.1) is 5.92 Å². The molecule has 25 heavy (non-hydrogen) atoms. The van der Waals surface area contributed by atoms with E-state index in [4.69, 9.17) is 28.9 Å². The molecule has 1 aromatic rings. The Morgan fingerprint density at radius 1 is 1.36 bits per heavy atom. The van der Waals surface area contributed by atoms with Crippen LogP contribution in [0.1, 0.15) is 37.2 Å². The van der Waals surface area contributed by atoms with E-state index in [1.807, 2.05) is 0 Å². The molecular formula is C17H21Cl2F3N2O. The van der Waals surface area contributed by atoms with Gasteiger partial charge in [-0.3, -0.25) is 4.79 Å². The molecule has 0 saturated heterocycles. The molecule has 8 heteroatoms. The van der Waals surface area contributed by atoms with Gasteiger partial charge in [0, 0.05) is 23.1 Å². The Bertz CT molecular complexity index is 606. The van der Waals surface area contributed by atoms with Gasteiger partial charge in [-0.1, -0.05) is 11.6 Å². The Hall–Kier alpha value is -1.14. The van der Waals surface area contributed by atoms with Crippen LogP contribution in [0.2, 0.25) is 5.02 Å². The first-order valence-corrected chi connectivity index (χ1v) is 9.09. The van der Waals surface area contributed by atoms with E-state index in [-0.39, 0.29) is 5.92 Å². The topological polar surface area (TPSA) is 46.3 Å². The Labute approximate surface area is 155 Å². The first-order chi connectivity index (χ1) is 11.7. The summed E-state index contributed by atoms with van der Waals surface area (Å²) >= 11 is 11.9. The van der Waals surface area contributed by atoms with Gasteiger partial charge in [0.05, 0.1) is 5.92 Å². The van der Waals surface area contributed by atoms with Crippen molar-refractivity contribution >= 4 is 34.8 Å². The molecule has 0 bridgehead atoms. The van der Waals surface area contributed by atoms with Gasteiger partial charge in [0.2, 0.25) is 5.91 Å². The van der Waals surface area contributed by atoms with Gasteiger partial charge < -0.3 is 10.6 Å². The number of amides is 1. The molecule has 1 amide bonds. The molecule has 0 spiro atoms. The van der Waals surface area contributed by atoms with Crippen molar-refractivity contribution in [3.05, 3.63) is 28.8 Å². The SMILES string of the molecule is NC(=O)C(CCCCl)c1cc(N(CC2CC2)CC(F)(F)F)ccc1Cl. The first kappa shape index (κ1) is 20.2. The van der Waals surface area contributed by atoms with E-state index in [9.17, 15) is 18.0 Å². The average molecular weight is 397 g/mol. The Morgan fingerprint density at radius 3 is 2.56 bits per heavy atom. The van der Waals surface area contributed by atoms with Gasteiger partial charge in [0.25, 0.3) is 0 Å². The van der Waals surface area contributed by atoms with E-state index in [0.29, 0.717) is 41.5 Å². The van der Waals surface area contributed by atoms with Crippen LogP contribution < -0.4 is 10.6 Å². The van der Waals surface area contributed by atoms with Crippen LogP contribution in [0.25, 0.3) is 0 Å².